The lowest BCUT2D eigenvalue weighted by molar-refractivity contribution is -0.384. The second-order valence-electron chi connectivity index (χ2n) is 5.00. The predicted molar refractivity (Wildman–Crippen MR) is 82.9 cm³/mol. The summed E-state index contributed by atoms with van der Waals surface area (Å²) in [7, 11) is 0. The lowest BCUT2D eigenvalue weighted by atomic mass is 10.1. The van der Waals surface area contributed by atoms with Gasteiger partial charge in [0, 0.05) is 17.5 Å². The van der Waals surface area contributed by atoms with Crippen LogP contribution in [0.3, 0.4) is 0 Å². The van der Waals surface area contributed by atoms with Crippen LogP contribution in [0.2, 0.25) is 0 Å². The summed E-state index contributed by atoms with van der Waals surface area (Å²) in [5.74, 6) is 0. The van der Waals surface area contributed by atoms with Crippen LogP contribution >= 0.6 is 0 Å². The van der Waals surface area contributed by atoms with Crippen LogP contribution in [0.25, 0.3) is 10.9 Å². The Kier molecular flexibility index (Phi) is 3.42. The number of fused-ring (bicyclic) bond motifs is 1. The molecule has 3 aromatic rings. The molecule has 6 nitrogen and oxygen atoms in total. The summed E-state index contributed by atoms with van der Waals surface area (Å²) in [6, 6.07) is 13.4. The molecule has 0 N–H and O–H groups in total. The van der Waals surface area contributed by atoms with Gasteiger partial charge < -0.3 is 0 Å². The van der Waals surface area contributed by atoms with E-state index in [2.05, 4.69) is 5.10 Å². The molecule has 0 radical (unpaired) electrons. The molecule has 6 heteroatoms. The molecule has 1 heterocycles. The molecule has 3 rings (SSSR count). The highest BCUT2D eigenvalue weighted by atomic mass is 16.6. The van der Waals surface area contributed by atoms with Crippen LogP contribution in [0.5, 0.6) is 0 Å². The smallest absolute Gasteiger partial charge is 0.269 e. The van der Waals surface area contributed by atoms with Gasteiger partial charge in [0.15, 0.2) is 0 Å². The van der Waals surface area contributed by atoms with Crippen molar-refractivity contribution in [3.05, 3.63) is 80.6 Å². The molecule has 0 saturated heterocycles. The van der Waals surface area contributed by atoms with E-state index in [-0.39, 0.29) is 17.2 Å². The third-order valence-electron chi connectivity index (χ3n) is 3.65. The molecule has 0 bridgehead atoms. The van der Waals surface area contributed by atoms with Crippen LogP contribution in [0.15, 0.2) is 59.5 Å². The highest BCUT2D eigenvalue weighted by molar-refractivity contribution is 5.78. The Bertz CT molecular complexity index is 918. The summed E-state index contributed by atoms with van der Waals surface area (Å²) < 4.78 is 1.70. The molecule has 1 aromatic heterocycles. The van der Waals surface area contributed by atoms with E-state index in [0.717, 1.165) is 5.56 Å². The van der Waals surface area contributed by atoms with Crippen molar-refractivity contribution in [3.63, 3.8) is 0 Å². The van der Waals surface area contributed by atoms with E-state index in [1.807, 2.05) is 25.1 Å². The zero-order valence-corrected chi connectivity index (χ0v) is 11.8. The van der Waals surface area contributed by atoms with Gasteiger partial charge in [0.25, 0.3) is 5.69 Å². The van der Waals surface area contributed by atoms with E-state index in [4.69, 9.17) is 0 Å². The Hall–Kier alpha value is -3.02. The summed E-state index contributed by atoms with van der Waals surface area (Å²) in [6.07, 6.45) is 1.27. The summed E-state index contributed by atoms with van der Waals surface area (Å²) >= 11 is 0. The van der Waals surface area contributed by atoms with Crippen molar-refractivity contribution in [1.82, 2.24) is 9.78 Å². The zero-order valence-electron chi connectivity index (χ0n) is 11.8. The monoisotopic (exact) mass is 295 g/mol. The number of para-hydroxylation sites is 1. The Morgan fingerprint density at radius 1 is 1.18 bits per heavy atom. The third kappa shape index (κ3) is 2.35. The number of rotatable bonds is 3. The van der Waals surface area contributed by atoms with Crippen LogP contribution in [-0.4, -0.2) is 14.7 Å². The van der Waals surface area contributed by atoms with Crippen LogP contribution in [0.4, 0.5) is 5.69 Å². The Labute approximate surface area is 125 Å². The van der Waals surface area contributed by atoms with Gasteiger partial charge in [-0.2, -0.15) is 5.10 Å². The maximum absolute atomic E-state index is 11.9. The molecular weight excluding hydrogens is 282 g/mol. The summed E-state index contributed by atoms with van der Waals surface area (Å²) in [5, 5.41) is 15.7. The van der Waals surface area contributed by atoms with E-state index >= 15 is 0 Å². The van der Waals surface area contributed by atoms with Crippen LogP contribution < -0.4 is 5.43 Å². The molecule has 0 aliphatic heterocycles. The first-order valence-corrected chi connectivity index (χ1v) is 6.79. The van der Waals surface area contributed by atoms with Gasteiger partial charge in [0.1, 0.15) is 0 Å². The molecule has 110 valence electrons. The maximum Gasteiger partial charge on any atom is 0.269 e. The van der Waals surface area contributed by atoms with Crippen molar-refractivity contribution in [2.24, 2.45) is 0 Å². The van der Waals surface area contributed by atoms with Crippen molar-refractivity contribution < 1.29 is 4.92 Å². The largest absolute Gasteiger partial charge is 0.287 e. The van der Waals surface area contributed by atoms with Gasteiger partial charge in [-0.05, 0) is 24.6 Å². The standard InChI is InChI=1S/C16H13N3O3/c1-11(12-5-4-6-13(9-12)19(21)22)18-15-8-3-2-7-14(15)16(20)10-17-18/h2-11H,1H3/t11-/m1/s1. The van der Waals surface area contributed by atoms with Gasteiger partial charge in [-0.3, -0.25) is 19.6 Å². The normalized spacial score (nSPS) is 12.2. The molecule has 0 saturated carbocycles. The minimum Gasteiger partial charge on any atom is -0.287 e. The van der Waals surface area contributed by atoms with Gasteiger partial charge in [-0.25, -0.2) is 0 Å². The number of nitrogens with zero attached hydrogens (tertiary/aromatic N) is 3. The second-order valence-corrected chi connectivity index (χ2v) is 5.00. The fraction of sp³-hybridized carbons (Fsp3) is 0.125. The molecule has 1 atom stereocenters. The first kappa shape index (κ1) is 13.9. The molecule has 0 amide bonds. The molecule has 0 aliphatic carbocycles. The Morgan fingerprint density at radius 2 is 1.95 bits per heavy atom. The van der Waals surface area contributed by atoms with Crippen LogP contribution in [0.1, 0.15) is 18.5 Å². The van der Waals surface area contributed by atoms with E-state index in [1.165, 1.54) is 18.3 Å². The van der Waals surface area contributed by atoms with E-state index in [0.29, 0.717) is 10.9 Å². The zero-order chi connectivity index (χ0) is 15.7. The number of aromatic nitrogens is 2. The van der Waals surface area contributed by atoms with Crippen LogP contribution in [-0.2, 0) is 0 Å². The molecule has 2 aromatic carbocycles. The van der Waals surface area contributed by atoms with Crippen molar-refractivity contribution in [2.75, 3.05) is 0 Å². The first-order chi connectivity index (χ1) is 10.6. The first-order valence-electron chi connectivity index (χ1n) is 6.79. The number of benzene rings is 2. The maximum atomic E-state index is 11.9. The number of nitro groups is 1. The Morgan fingerprint density at radius 3 is 2.73 bits per heavy atom. The fourth-order valence-electron chi connectivity index (χ4n) is 2.48. The third-order valence-corrected chi connectivity index (χ3v) is 3.65. The van der Waals surface area contributed by atoms with Crippen LogP contribution in [0, 0.1) is 10.1 Å². The van der Waals surface area contributed by atoms with Crippen molar-refractivity contribution in [3.8, 4) is 0 Å². The molecule has 0 spiro atoms. The fourth-order valence-corrected chi connectivity index (χ4v) is 2.48. The minimum absolute atomic E-state index is 0.0368. The topological polar surface area (TPSA) is 78.0 Å². The number of non-ortho nitro benzene ring substituents is 1. The molecule has 0 fully saturated rings. The van der Waals surface area contributed by atoms with E-state index in [9.17, 15) is 14.9 Å². The van der Waals surface area contributed by atoms with Crippen molar-refractivity contribution in [2.45, 2.75) is 13.0 Å². The highest BCUT2D eigenvalue weighted by Gasteiger charge is 2.15. The SMILES string of the molecule is C[C@H](c1cccc([N+](=O)[O-])c1)n1ncc(=O)c2ccccc21. The van der Waals surface area contributed by atoms with Crippen molar-refractivity contribution in [1.29, 1.82) is 0 Å². The predicted octanol–water partition coefficient (Wildman–Crippen LogP) is 2.91. The number of hydrogen-bond donors (Lipinski definition) is 0. The van der Waals surface area contributed by atoms with Gasteiger partial charge in [0.2, 0.25) is 5.43 Å². The number of nitro benzene ring substituents is 1. The van der Waals surface area contributed by atoms with Crippen molar-refractivity contribution >= 4 is 16.6 Å². The van der Waals surface area contributed by atoms with Gasteiger partial charge in [-0.15, -0.1) is 0 Å². The van der Waals surface area contributed by atoms with E-state index in [1.54, 1.807) is 22.9 Å². The molecule has 0 aliphatic rings. The number of hydrogen-bond acceptors (Lipinski definition) is 4. The summed E-state index contributed by atoms with van der Waals surface area (Å²) in [5.41, 5.74) is 1.36. The highest BCUT2D eigenvalue weighted by Crippen LogP contribution is 2.23. The lowest BCUT2D eigenvalue weighted by Crippen LogP contribution is -2.16. The average Bonchev–Trinajstić information content (AvgIpc) is 2.55. The molecule has 0 unspecified atom stereocenters. The van der Waals surface area contributed by atoms with Gasteiger partial charge >= 0.3 is 0 Å². The van der Waals surface area contributed by atoms with E-state index < -0.39 is 4.92 Å². The van der Waals surface area contributed by atoms with Gasteiger partial charge in [0.05, 0.1) is 22.7 Å². The average molecular weight is 295 g/mol. The lowest BCUT2D eigenvalue weighted by Gasteiger charge is -2.17. The quantitative estimate of drug-likeness (QED) is 0.550. The Balaban J connectivity index is 2.15. The summed E-state index contributed by atoms with van der Waals surface area (Å²) in [4.78, 5) is 22.4. The van der Waals surface area contributed by atoms with Gasteiger partial charge in [-0.1, -0.05) is 24.3 Å². The molecular formula is C16H13N3O3. The second kappa shape index (κ2) is 5.40. The summed E-state index contributed by atoms with van der Waals surface area (Å²) in [6.45, 7) is 1.89. The molecule has 22 heavy (non-hydrogen) atoms. The minimum atomic E-state index is -0.423.